The lowest BCUT2D eigenvalue weighted by molar-refractivity contribution is 0.222. The van der Waals surface area contributed by atoms with E-state index in [1.54, 1.807) is 6.07 Å². The van der Waals surface area contributed by atoms with Crippen LogP contribution in [-0.2, 0) is 0 Å². The number of nitrogens with zero attached hydrogens (tertiary/aromatic N) is 1. The lowest BCUT2D eigenvalue weighted by Gasteiger charge is -2.16. The molecule has 0 fully saturated rings. The van der Waals surface area contributed by atoms with Crippen LogP contribution in [0.2, 0.25) is 0 Å². The van der Waals surface area contributed by atoms with Crippen molar-refractivity contribution in [2.75, 3.05) is 6.61 Å². The summed E-state index contributed by atoms with van der Waals surface area (Å²) < 4.78 is 12.0. The first-order valence-corrected chi connectivity index (χ1v) is 6.94. The summed E-state index contributed by atoms with van der Waals surface area (Å²) in [5, 5.41) is 3.71. The summed E-state index contributed by atoms with van der Waals surface area (Å²) in [5.41, 5.74) is 7.80. The van der Waals surface area contributed by atoms with Gasteiger partial charge in [0.2, 0.25) is 0 Å². The molecule has 0 aliphatic rings. The minimum Gasteiger partial charge on any atom is -0.490 e. The fraction of sp³-hybridized carbons (Fsp3) is 0.385. The van der Waals surface area contributed by atoms with Crippen LogP contribution in [0, 0.1) is 0 Å². The summed E-state index contributed by atoms with van der Waals surface area (Å²) in [5.74, 6) is 1.25. The first-order valence-electron chi connectivity index (χ1n) is 6.15. The number of benzene rings is 1. The maximum atomic E-state index is 10.5. The van der Waals surface area contributed by atoms with Gasteiger partial charge in [-0.3, -0.25) is 0 Å². The zero-order valence-electron chi connectivity index (χ0n) is 11.6. The van der Waals surface area contributed by atoms with E-state index < -0.39 is 6.03 Å². The smallest absolute Gasteiger partial charge is 0.332 e. The van der Waals surface area contributed by atoms with Gasteiger partial charge in [-0.2, -0.15) is 5.10 Å². The van der Waals surface area contributed by atoms with E-state index in [1.807, 2.05) is 26.8 Å². The number of rotatable bonds is 6. The molecule has 0 bridgehead atoms. The maximum Gasteiger partial charge on any atom is 0.332 e. The summed E-state index contributed by atoms with van der Waals surface area (Å²) >= 11 is 3.44. The van der Waals surface area contributed by atoms with E-state index in [-0.39, 0.29) is 6.10 Å². The predicted molar refractivity (Wildman–Crippen MR) is 81.4 cm³/mol. The first kappa shape index (κ1) is 16.3. The summed E-state index contributed by atoms with van der Waals surface area (Å²) in [4.78, 5) is 10.5. The van der Waals surface area contributed by atoms with E-state index in [2.05, 4.69) is 26.5 Å². The highest BCUT2D eigenvalue weighted by atomic mass is 79.9. The number of urea groups is 1. The highest BCUT2D eigenvalue weighted by Crippen LogP contribution is 2.37. The van der Waals surface area contributed by atoms with Gasteiger partial charge in [0.25, 0.3) is 0 Å². The Morgan fingerprint density at radius 2 is 2.25 bits per heavy atom. The van der Waals surface area contributed by atoms with Crippen LogP contribution in [0.3, 0.4) is 0 Å². The van der Waals surface area contributed by atoms with Crippen molar-refractivity contribution in [2.45, 2.75) is 26.9 Å². The average molecular weight is 344 g/mol. The van der Waals surface area contributed by atoms with Crippen molar-refractivity contribution in [3.05, 3.63) is 22.2 Å². The molecule has 2 amide bonds. The van der Waals surface area contributed by atoms with Crippen molar-refractivity contribution in [3.8, 4) is 11.5 Å². The molecule has 0 saturated heterocycles. The quantitative estimate of drug-likeness (QED) is 0.614. The van der Waals surface area contributed by atoms with Crippen LogP contribution < -0.4 is 20.6 Å². The first-order chi connectivity index (χ1) is 9.43. The Labute approximate surface area is 126 Å². The molecule has 20 heavy (non-hydrogen) atoms. The van der Waals surface area contributed by atoms with Crippen molar-refractivity contribution >= 4 is 28.2 Å². The molecule has 0 spiro atoms. The van der Waals surface area contributed by atoms with Crippen LogP contribution in [0.4, 0.5) is 4.79 Å². The SMILES string of the molecule is CCOc1cc(C=NNC(N)=O)cc(Br)c1OC(C)C. The molecule has 110 valence electrons. The van der Waals surface area contributed by atoms with Gasteiger partial charge in [-0.25, -0.2) is 10.2 Å². The van der Waals surface area contributed by atoms with Gasteiger partial charge in [-0.05, 0) is 54.4 Å². The van der Waals surface area contributed by atoms with Gasteiger partial charge >= 0.3 is 6.03 Å². The van der Waals surface area contributed by atoms with Crippen LogP contribution in [0.15, 0.2) is 21.7 Å². The number of halogens is 1. The number of carbonyl (C=O) groups excluding carboxylic acids is 1. The second-order valence-electron chi connectivity index (χ2n) is 4.16. The molecular formula is C13H18BrN3O3. The number of ether oxygens (including phenoxy) is 2. The van der Waals surface area contributed by atoms with Gasteiger partial charge in [-0.1, -0.05) is 0 Å². The third-order valence-corrected chi connectivity index (χ3v) is 2.66. The molecule has 0 aromatic heterocycles. The molecule has 1 aromatic carbocycles. The third kappa shape index (κ3) is 5.08. The van der Waals surface area contributed by atoms with Crippen LogP contribution in [-0.4, -0.2) is 25.0 Å². The Hall–Kier alpha value is -1.76. The Balaban J connectivity index is 3.05. The van der Waals surface area contributed by atoms with E-state index >= 15 is 0 Å². The van der Waals surface area contributed by atoms with Gasteiger partial charge in [0, 0.05) is 0 Å². The summed E-state index contributed by atoms with van der Waals surface area (Å²) in [6, 6.07) is 2.87. The molecule has 0 saturated carbocycles. The standard InChI is InChI=1S/C13H18BrN3O3/c1-4-19-11-6-9(7-16-17-13(15)18)5-10(14)12(11)20-8(2)3/h5-8H,4H2,1-3H3,(H3,15,17,18). The number of carbonyl (C=O) groups is 1. The van der Waals surface area contributed by atoms with E-state index in [0.717, 1.165) is 10.0 Å². The Morgan fingerprint density at radius 3 is 2.80 bits per heavy atom. The fourth-order valence-electron chi connectivity index (χ4n) is 1.45. The zero-order valence-corrected chi connectivity index (χ0v) is 13.2. The Bertz CT molecular complexity index is 504. The molecule has 3 N–H and O–H groups in total. The number of primary amides is 1. The number of hydrogen-bond donors (Lipinski definition) is 2. The molecule has 1 rings (SSSR count). The number of amides is 2. The van der Waals surface area contributed by atoms with Crippen molar-refractivity contribution in [1.29, 1.82) is 0 Å². The zero-order chi connectivity index (χ0) is 15.1. The molecular weight excluding hydrogens is 326 g/mol. The minimum atomic E-state index is -0.717. The highest BCUT2D eigenvalue weighted by molar-refractivity contribution is 9.10. The normalized spacial score (nSPS) is 10.8. The van der Waals surface area contributed by atoms with Gasteiger partial charge in [0.15, 0.2) is 11.5 Å². The molecule has 7 heteroatoms. The summed E-state index contributed by atoms with van der Waals surface area (Å²) in [6.07, 6.45) is 1.50. The molecule has 0 atom stereocenters. The van der Waals surface area contributed by atoms with Crippen LogP contribution in [0.25, 0.3) is 0 Å². The van der Waals surface area contributed by atoms with E-state index in [1.165, 1.54) is 6.21 Å². The van der Waals surface area contributed by atoms with Crippen molar-refractivity contribution < 1.29 is 14.3 Å². The summed E-state index contributed by atoms with van der Waals surface area (Å²) in [6.45, 7) is 6.28. The molecule has 0 unspecified atom stereocenters. The van der Waals surface area contributed by atoms with E-state index in [4.69, 9.17) is 15.2 Å². The predicted octanol–water partition coefficient (Wildman–Crippen LogP) is 2.64. The second-order valence-corrected chi connectivity index (χ2v) is 5.02. The van der Waals surface area contributed by atoms with Gasteiger partial charge < -0.3 is 15.2 Å². The molecule has 1 aromatic rings. The van der Waals surface area contributed by atoms with Crippen LogP contribution >= 0.6 is 15.9 Å². The Morgan fingerprint density at radius 1 is 1.55 bits per heavy atom. The lowest BCUT2D eigenvalue weighted by Crippen LogP contribution is -2.24. The van der Waals surface area contributed by atoms with Crippen molar-refractivity contribution in [3.63, 3.8) is 0 Å². The number of hydrazone groups is 1. The molecule has 6 nitrogen and oxygen atoms in total. The monoisotopic (exact) mass is 343 g/mol. The van der Waals surface area contributed by atoms with Gasteiger partial charge in [0.1, 0.15) is 0 Å². The topological polar surface area (TPSA) is 85.9 Å². The molecule has 0 aliphatic heterocycles. The molecule has 0 radical (unpaired) electrons. The largest absolute Gasteiger partial charge is 0.490 e. The van der Waals surface area contributed by atoms with Crippen LogP contribution in [0.1, 0.15) is 26.3 Å². The third-order valence-electron chi connectivity index (χ3n) is 2.07. The van der Waals surface area contributed by atoms with Gasteiger partial charge in [-0.15, -0.1) is 0 Å². The lowest BCUT2D eigenvalue weighted by atomic mass is 10.2. The minimum absolute atomic E-state index is 0.0292. The highest BCUT2D eigenvalue weighted by Gasteiger charge is 2.13. The van der Waals surface area contributed by atoms with Gasteiger partial charge in [0.05, 0.1) is 23.4 Å². The van der Waals surface area contributed by atoms with E-state index in [9.17, 15) is 4.79 Å². The second kappa shape index (κ2) is 7.74. The number of hydrogen-bond acceptors (Lipinski definition) is 4. The van der Waals surface area contributed by atoms with E-state index in [0.29, 0.717) is 18.1 Å². The number of nitrogens with two attached hydrogens (primary N) is 1. The molecule has 0 heterocycles. The number of nitrogens with one attached hydrogen (secondary N) is 1. The van der Waals surface area contributed by atoms with Crippen molar-refractivity contribution in [1.82, 2.24) is 5.43 Å². The fourth-order valence-corrected chi connectivity index (χ4v) is 2.00. The summed E-state index contributed by atoms with van der Waals surface area (Å²) in [7, 11) is 0. The Kier molecular flexibility index (Phi) is 6.30. The average Bonchev–Trinajstić information content (AvgIpc) is 2.33. The van der Waals surface area contributed by atoms with Crippen LogP contribution in [0.5, 0.6) is 11.5 Å². The molecule has 0 aliphatic carbocycles. The maximum absolute atomic E-state index is 10.5. The van der Waals surface area contributed by atoms with Crippen molar-refractivity contribution in [2.24, 2.45) is 10.8 Å².